The molecule has 0 atom stereocenters. The van der Waals surface area contributed by atoms with Gasteiger partial charge in [-0.2, -0.15) is 5.10 Å². The van der Waals surface area contributed by atoms with Crippen LogP contribution in [0, 0.1) is 0 Å². The number of carbonyl (C=O) groups is 2. The Labute approximate surface area is 194 Å². The summed E-state index contributed by atoms with van der Waals surface area (Å²) in [4.78, 5) is 27.7. The molecule has 32 heavy (non-hydrogen) atoms. The molecule has 0 radical (unpaired) electrons. The zero-order chi connectivity index (χ0) is 22.9. The van der Waals surface area contributed by atoms with Gasteiger partial charge in [0.15, 0.2) is 19.0 Å². The van der Waals surface area contributed by atoms with E-state index in [4.69, 9.17) is 37.4 Å². The number of nitrogens with one attached hydrogen (secondary N) is 1. The van der Waals surface area contributed by atoms with Crippen LogP contribution in [0.1, 0.15) is 12.5 Å². The molecule has 0 spiro atoms. The molecule has 8 nitrogen and oxygen atoms in total. The molecule has 10 heteroatoms. The predicted molar refractivity (Wildman–Crippen MR) is 122 cm³/mol. The molecule has 0 unspecified atom stereocenters. The van der Waals surface area contributed by atoms with Crippen LogP contribution >= 0.6 is 23.2 Å². The minimum absolute atomic E-state index is 0.152. The van der Waals surface area contributed by atoms with Crippen LogP contribution in [0.3, 0.4) is 0 Å². The van der Waals surface area contributed by atoms with Crippen molar-refractivity contribution >= 4 is 52.2 Å². The molecule has 1 amide bonds. The molecule has 0 saturated carbocycles. The topological polar surface area (TPSA) is 99.1 Å². The first-order valence-electron chi connectivity index (χ1n) is 9.54. The molecule has 0 aliphatic heterocycles. The van der Waals surface area contributed by atoms with E-state index >= 15 is 0 Å². The molecular weight excluding hydrogens is 457 g/mol. The number of halogens is 2. The SMILES string of the molecule is CCOC(=O)COc1c(Cl)cc(/C=N/NC(=O)COc2cccc3cccnc23)cc1Cl. The smallest absolute Gasteiger partial charge is 0.344 e. The number of aromatic nitrogens is 1. The predicted octanol–water partition coefficient (Wildman–Crippen LogP) is 4.01. The number of amides is 1. The van der Waals surface area contributed by atoms with Crippen LogP contribution in [0.25, 0.3) is 10.9 Å². The number of esters is 1. The van der Waals surface area contributed by atoms with Gasteiger partial charge < -0.3 is 14.2 Å². The number of hydrazone groups is 1. The first-order valence-corrected chi connectivity index (χ1v) is 10.3. The second-order valence-corrected chi connectivity index (χ2v) is 7.13. The zero-order valence-corrected chi connectivity index (χ0v) is 18.5. The van der Waals surface area contributed by atoms with E-state index in [1.807, 2.05) is 24.3 Å². The summed E-state index contributed by atoms with van der Waals surface area (Å²) in [5.74, 6) is -0.339. The third-order valence-corrected chi connectivity index (χ3v) is 4.58. The number of ether oxygens (including phenoxy) is 3. The van der Waals surface area contributed by atoms with Gasteiger partial charge >= 0.3 is 5.97 Å². The number of hydrogen-bond acceptors (Lipinski definition) is 7. The summed E-state index contributed by atoms with van der Waals surface area (Å²) in [6.07, 6.45) is 3.02. The number of benzene rings is 2. The molecule has 1 heterocycles. The van der Waals surface area contributed by atoms with Gasteiger partial charge in [0.2, 0.25) is 0 Å². The summed E-state index contributed by atoms with van der Waals surface area (Å²) in [6, 6.07) is 12.3. The number of para-hydroxylation sites is 1. The Hall–Kier alpha value is -3.36. The minimum Gasteiger partial charge on any atom is -0.481 e. The number of fused-ring (bicyclic) bond motifs is 1. The first kappa shape index (κ1) is 23.3. The van der Waals surface area contributed by atoms with E-state index in [1.54, 1.807) is 19.2 Å². The van der Waals surface area contributed by atoms with Gasteiger partial charge in [-0.05, 0) is 36.8 Å². The number of pyridine rings is 1. The molecule has 1 N–H and O–H groups in total. The molecule has 166 valence electrons. The van der Waals surface area contributed by atoms with Crippen LogP contribution in [-0.4, -0.2) is 42.9 Å². The van der Waals surface area contributed by atoms with Gasteiger partial charge in [-0.1, -0.05) is 41.4 Å². The molecule has 2 aromatic carbocycles. The maximum absolute atomic E-state index is 12.0. The summed E-state index contributed by atoms with van der Waals surface area (Å²) < 4.78 is 15.7. The van der Waals surface area contributed by atoms with E-state index in [-0.39, 0.29) is 35.6 Å². The number of carbonyl (C=O) groups excluding carboxylic acids is 2. The minimum atomic E-state index is -0.533. The maximum atomic E-state index is 12.0. The van der Waals surface area contributed by atoms with E-state index in [1.165, 1.54) is 18.3 Å². The second kappa shape index (κ2) is 11.3. The molecule has 0 fully saturated rings. The van der Waals surface area contributed by atoms with E-state index in [0.717, 1.165) is 5.39 Å². The fourth-order valence-electron chi connectivity index (χ4n) is 2.67. The summed E-state index contributed by atoms with van der Waals surface area (Å²) in [5.41, 5.74) is 3.55. The van der Waals surface area contributed by atoms with Gasteiger partial charge in [0.25, 0.3) is 5.91 Å². The van der Waals surface area contributed by atoms with Crippen LogP contribution in [0.5, 0.6) is 11.5 Å². The maximum Gasteiger partial charge on any atom is 0.344 e. The van der Waals surface area contributed by atoms with E-state index < -0.39 is 11.9 Å². The Bertz CT molecular complexity index is 1130. The van der Waals surface area contributed by atoms with Crippen LogP contribution in [0.4, 0.5) is 0 Å². The number of nitrogens with zero attached hydrogens (tertiary/aromatic N) is 2. The standard InChI is InChI=1S/C22H19Cl2N3O5/c1-2-30-20(29)13-32-22-16(23)9-14(10-17(22)24)11-26-27-19(28)12-31-18-7-3-5-15-6-4-8-25-21(15)18/h3-11H,2,12-13H2,1H3,(H,27,28)/b26-11+. The number of rotatable bonds is 9. The molecule has 0 aliphatic carbocycles. The summed E-state index contributed by atoms with van der Waals surface area (Å²) >= 11 is 12.3. The van der Waals surface area contributed by atoms with Crippen LogP contribution in [0.15, 0.2) is 53.8 Å². The first-order chi connectivity index (χ1) is 15.5. The summed E-state index contributed by atoms with van der Waals surface area (Å²) in [6.45, 7) is 1.38. The average Bonchev–Trinajstić information content (AvgIpc) is 2.77. The molecular formula is C22H19Cl2N3O5. The average molecular weight is 476 g/mol. The van der Waals surface area contributed by atoms with Crippen molar-refractivity contribution in [2.75, 3.05) is 19.8 Å². The molecule has 0 saturated heterocycles. The normalized spacial score (nSPS) is 10.8. The lowest BCUT2D eigenvalue weighted by molar-refractivity contribution is -0.145. The highest BCUT2D eigenvalue weighted by Crippen LogP contribution is 2.33. The molecule has 0 aliphatic rings. The molecule has 3 rings (SSSR count). The lowest BCUT2D eigenvalue weighted by Crippen LogP contribution is -2.24. The Kier molecular flexibility index (Phi) is 8.24. The van der Waals surface area contributed by atoms with Crippen LogP contribution < -0.4 is 14.9 Å². The highest BCUT2D eigenvalue weighted by Gasteiger charge is 2.12. The quantitative estimate of drug-likeness (QED) is 0.285. The molecule has 1 aromatic heterocycles. The molecule has 3 aromatic rings. The highest BCUT2D eigenvalue weighted by atomic mass is 35.5. The van der Waals surface area contributed by atoms with Crippen molar-refractivity contribution in [2.45, 2.75) is 6.92 Å². The van der Waals surface area contributed by atoms with Crippen molar-refractivity contribution < 1.29 is 23.8 Å². The summed E-state index contributed by atoms with van der Waals surface area (Å²) in [7, 11) is 0. The lowest BCUT2D eigenvalue weighted by Gasteiger charge is -2.10. The van der Waals surface area contributed by atoms with Gasteiger partial charge in [-0.25, -0.2) is 10.2 Å². The van der Waals surface area contributed by atoms with Crippen molar-refractivity contribution in [2.24, 2.45) is 5.10 Å². The van der Waals surface area contributed by atoms with E-state index in [2.05, 4.69) is 15.5 Å². The fourth-order valence-corrected chi connectivity index (χ4v) is 3.29. The van der Waals surface area contributed by atoms with Gasteiger partial charge in [0.05, 0.1) is 22.9 Å². The monoisotopic (exact) mass is 475 g/mol. The fraction of sp³-hybridized carbons (Fsp3) is 0.182. The third kappa shape index (κ3) is 6.32. The van der Waals surface area contributed by atoms with Gasteiger partial charge in [-0.15, -0.1) is 0 Å². The van der Waals surface area contributed by atoms with Gasteiger partial charge in [-0.3, -0.25) is 9.78 Å². The van der Waals surface area contributed by atoms with Crippen molar-refractivity contribution in [3.8, 4) is 11.5 Å². The zero-order valence-electron chi connectivity index (χ0n) is 17.0. The van der Waals surface area contributed by atoms with Crippen LogP contribution in [0.2, 0.25) is 10.0 Å². The van der Waals surface area contributed by atoms with Crippen molar-refractivity contribution in [1.29, 1.82) is 0 Å². The van der Waals surface area contributed by atoms with Gasteiger partial charge in [0, 0.05) is 11.6 Å². The van der Waals surface area contributed by atoms with Crippen molar-refractivity contribution in [3.63, 3.8) is 0 Å². The van der Waals surface area contributed by atoms with Crippen molar-refractivity contribution in [3.05, 3.63) is 64.3 Å². The summed E-state index contributed by atoms with van der Waals surface area (Å²) in [5, 5.41) is 5.15. The number of hydrogen-bond donors (Lipinski definition) is 1. The van der Waals surface area contributed by atoms with Crippen molar-refractivity contribution in [1.82, 2.24) is 10.4 Å². The van der Waals surface area contributed by atoms with E-state index in [9.17, 15) is 9.59 Å². The Balaban J connectivity index is 1.54. The Morgan fingerprint density at radius 3 is 2.59 bits per heavy atom. The van der Waals surface area contributed by atoms with Gasteiger partial charge in [0.1, 0.15) is 11.3 Å². The lowest BCUT2D eigenvalue weighted by atomic mass is 10.2. The molecule has 0 bridgehead atoms. The third-order valence-electron chi connectivity index (χ3n) is 4.02. The Morgan fingerprint density at radius 1 is 1.09 bits per heavy atom. The largest absolute Gasteiger partial charge is 0.481 e. The second-order valence-electron chi connectivity index (χ2n) is 6.32. The van der Waals surface area contributed by atoms with E-state index in [0.29, 0.717) is 16.8 Å². The van der Waals surface area contributed by atoms with Crippen LogP contribution in [-0.2, 0) is 14.3 Å². The Morgan fingerprint density at radius 2 is 1.84 bits per heavy atom. The highest BCUT2D eigenvalue weighted by molar-refractivity contribution is 6.37.